The number of rotatable bonds is 40. The molecule has 0 fully saturated rings. The van der Waals surface area contributed by atoms with Crippen LogP contribution in [0.15, 0.2) is 0 Å². The molecular formula is C41H84NO7P. The van der Waals surface area contributed by atoms with Gasteiger partial charge in [0.05, 0.1) is 34.4 Å². The molecule has 8 nitrogen and oxygen atoms in total. The first-order valence-corrected chi connectivity index (χ1v) is 22.7. The second-order valence-electron chi connectivity index (χ2n) is 15.7. The molecule has 2 atom stereocenters. The van der Waals surface area contributed by atoms with Gasteiger partial charge in [0.15, 0.2) is 0 Å². The number of likely N-dealkylation sites (N-methyl/N-ethyl adjacent to an activating group) is 1. The predicted octanol–water partition coefficient (Wildman–Crippen LogP) is 11.5. The number of carbonyl (C=O) groups is 1. The van der Waals surface area contributed by atoms with Gasteiger partial charge in [0, 0.05) is 13.0 Å². The Morgan fingerprint density at radius 3 is 1.32 bits per heavy atom. The summed E-state index contributed by atoms with van der Waals surface area (Å²) in [4.78, 5) is 24.5. The van der Waals surface area contributed by atoms with Gasteiger partial charge in [-0.15, -0.1) is 0 Å². The van der Waals surface area contributed by atoms with Crippen molar-refractivity contribution in [3.8, 4) is 0 Å². The third kappa shape index (κ3) is 38.7. The molecular weight excluding hydrogens is 649 g/mol. The Bertz CT molecular complexity index is 777. The maximum atomic E-state index is 12.3. The number of nitrogens with zero attached hydrogens (tertiary/aromatic N) is 1. The number of unbranched alkanes of at least 4 members (excludes halogenated alkanes) is 26. The molecule has 2 unspecified atom stereocenters. The maximum absolute atomic E-state index is 12.3. The topological polar surface area (TPSA) is 94.1 Å². The minimum atomic E-state index is -4.49. The van der Waals surface area contributed by atoms with Crippen LogP contribution in [-0.4, -0.2) is 70.7 Å². The summed E-state index contributed by atoms with van der Waals surface area (Å²) in [5.41, 5.74) is 0. The molecule has 0 saturated heterocycles. The number of ether oxygens (including phenoxy) is 2. The van der Waals surface area contributed by atoms with Gasteiger partial charge in [0.25, 0.3) is 7.82 Å². The van der Waals surface area contributed by atoms with Crippen molar-refractivity contribution in [2.75, 3.05) is 54.1 Å². The Kier molecular flexibility index (Phi) is 35.2. The lowest BCUT2D eigenvalue weighted by molar-refractivity contribution is -0.870. The zero-order valence-corrected chi connectivity index (χ0v) is 34.8. The largest absolute Gasteiger partial charge is 0.756 e. The summed E-state index contributed by atoms with van der Waals surface area (Å²) in [5.74, 6) is -0.354. The smallest absolute Gasteiger partial charge is 0.306 e. The molecule has 0 rings (SSSR count). The molecule has 0 aromatic heterocycles. The summed E-state index contributed by atoms with van der Waals surface area (Å²) in [6.07, 6.45) is 36.4. The Labute approximate surface area is 310 Å². The highest BCUT2D eigenvalue weighted by atomic mass is 31.2. The lowest BCUT2D eigenvalue weighted by atomic mass is 10.0. The monoisotopic (exact) mass is 734 g/mol. The number of quaternary nitrogens is 1. The summed E-state index contributed by atoms with van der Waals surface area (Å²) < 4.78 is 34.1. The molecule has 0 N–H and O–H groups in total. The first-order chi connectivity index (χ1) is 24.1. The highest BCUT2D eigenvalue weighted by Gasteiger charge is 2.20. The van der Waals surface area contributed by atoms with E-state index in [0.717, 1.165) is 32.1 Å². The molecule has 300 valence electrons. The lowest BCUT2D eigenvalue weighted by Gasteiger charge is -2.28. The van der Waals surface area contributed by atoms with Crippen LogP contribution in [-0.2, 0) is 27.9 Å². The molecule has 0 aromatic carbocycles. The van der Waals surface area contributed by atoms with Crippen LogP contribution >= 0.6 is 7.82 Å². The normalized spacial score (nSPS) is 13.8. The van der Waals surface area contributed by atoms with Crippen molar-refractivity contribution >= 4 is 13.8 Å². The number of phosphoric ester groups is 1. The number of hydrogen-bond acceptors (Lipinski definition) is 7. The molecule has 0 amide bonds. The summed E-state index contributed by atoms with van der Waals surface area (Å²) in [7, 11) is 1.37. The first-order valence-electron chi connectivity index (χ1n) is 21.3. The molecule has 0 aliphatic heterocycles. The van der Waals surface area contributed by atoms with Gasteiger partial charge in [-0.3, -0.25) is 9.36 Å². The van der Waals surface area contributed by atoms with E-state index in [1.54, 1.807) is 0 Å². The minimum Gasteiger partial charge on any atom is -0.756 e. The van der Waals surface area contributed by atoms with E-state index in [4.69, 9.17) is 18.5 Å². The fourth-order valence-electron chi connectivity index (χ4n) is 6.08. The number of carbonyl (C=O) groups excluding carboxylic acids is 1. The van der Waals surface area contributed by atoms with Gasteiger partial charge in [-0.05, 0) is 12.8 Å². The van der Waals surface area contributed by atoms with Gasteiger partial charge >= 0.3 is 5.97 Å². The van der Waals surface area contributed by atoms with Crippen molar-refractivity contribution in [3.05, 3.63) is 0 Å². The van der Waals surface area contributed by atoms with Crippen molar-refractivity contribution < 1.29 is 37.3 Å². The van der Waals surface area contributed by atoms with Crippen LogP contribution in [0.5, 0.6) is 0 Å². The molecule has 0 aliphatic carbocycles. The van der Waals surface area contributed by atoms with Gasteiger partial charge in [0.2, 0.25) is 0 Å². The number of hydrogen-bond donors (Lipinski definition) is 0. The van der Waals surface area contributed by atoms with Gasteiger partial charge in [-0.2, -0.15) is 0 Å². The van der Waals surface area contributed by atoms with Crippen LogP contribution in [0.1, 0.15) is 200 Å². The summed E-state index contributed by atoms with van der Waals surface area (Å²) in [6.45, 7) is 5.28. The fourth-order valence-corrected chi connectivity index (χ4v) is 6.81. The summed E-state index contributed by atoms with van der Waals surface area (Å²) in [5, 5.41) is 0. The van der Waals surface area contributed by atoms with Crippen LogP contribution in [0.25, 0.3) is 0 Å². The second kappa shape index (κ2) is 35.5. The maximum Gasteiger partial charge on any atom is 0.306 e. The van der Waals surface area contributed by atoms with Gasteiger partial charge in [-0.25, -0.2) is 0 Å². The molecule has 0 radical (unpaired) electrons. The van der Waals surface area contributed by atoms with Crippen LogP contribution in [0.2, 0.25) is 0 Å². The second-order valence-corrected chi connectivity index (χ2v) is 17.1. The Balaban J connectivity index is 3.74. The van der Waals surface area contributed by atoms with E-state index >= 15 is 0 Å². The zero-order chi connectivity index (χ0) is 37.0. The fraction of sp³-hybridized carbons (Fsp3) is 0.976. The molecule has 0 aliphatic rings. The van der Waals surface area contributed by atoms with E-state index in [0.29, 0.717) is 24.1 Å². The van der Waals surface area contributed by atoms with Crippen molar-refractivity contribution in [2.45, 2.75) is 206 Å². The third-order valence-electron chi connectivity index (χ3n) is 9.41. The van der Waals surface area contributed by atoms with Gasteiger partial charge < -0.3 is 27.9 Å². The van der Waals surface area contributed by atoms with E-state index in [9.17, 15) is 14.3 Å². The van der Waals surface area contributed by atoms with Crippen LogP contribution in [0, 0.1) is 0 Å². The summed E-state index contributed by atoms with van der Waals surface area (Å²) >= 11 is 0. The molecule has 0 bridgehead atoms. The molecule has 9 heteroatoms. The van der Waals surface area contributed by atoms with Crippen molar-refractivity contribution in [3.63, 3.8) is 0 Å². The Morgan fingerprint density at radius 1 is 0.540 bits per heavy atom. The minimum absolute atomic E-state index is 0.0296. The lowest BCUT2D eigenvalue weighted by Crippen LogP contribution is -2.37. The van der Waals surface area contributed by atoms with Crippen LogP contribution in [0.3, 0.4) is 0 Å². The van der Waals surface area contributed by atoms with Gasteiger partial charge in [0.1, 0.15) is 19.3 Å². The number of esters is 1. The Hall–Kier alpha value is -0.500. The molecule has 0 spiro atoms. The highest BCUT2D eigenvalue weighted by molar-refractivity contribution is 7.45. The first kappa shape index (κ1) is 49.5. The van der Waals surface area contributed by atoms with Crippen molar-refractivity contribution in [1.82, 2.24) is 0 Å². The quantitative estimate of drug-likeness (QED) is 0.0268. The number of phosphoric acid groups is 1. The predicted molar refractivity (Wildman–Crippen MR) is 208 cm³/mol. The van der Waals surface area contributed by atoms with E-state index < -0.39 is 13.9 Å². The van der Waals surface area contributed by atoms with E-state index in [1.165, 1.54) is 148 Å². The van der Waals surface area contributed by atoms with E-state index in [2.05, 4.69) is 13.8 Å². The van der Waals surface area contributed by atoms with Gasteiger partial charge in [-0.1, -0.05) is 181 Å². The average molecular weight is 734 g/mol. The molecule has 0 heterocycles. The van der Waals surface area contributed by atoms with Crippen molar-refractivity contribution in [1.29, 1.82) is 0 Å². The van der Waals surface area contributed by atoms with Crippen LogP contribution in [0.4, 0.5) is 0 Å². The third-order valence-corrected chi connectivity index (χ3v) is 10.4. The average Bonchev–Trinajstić information content (AvgIpc) is 3.06. The SMILES string of the molecule is CCCCCCCCCCCCCCCCCCCCCCCCCCCOCC(COP(=O)([O-])OCC[N+](C)(C)C)OC(=O)CCCCC. The van der Waals surface area contributed by atoms with E-state index in [1.807, 2.05) is 21.1 Å². The van der Waals surface area contributed by atoms with Crippen LogP contribution < -0.4 is 4.89 Å². The summed E-state index contributed by atoms with van der Waals surface area (Å²) in [6, 6.07) is 0. The molecule has 50 heavy (non-hydrogen) atoms. The standard InChI is InChI=1S/C41H84NO7P/c1-6-8-10-11-12-13-14-15-16-17-18-19-20-21-22-23-24-25-26-27-28-29-30-31-33-36-46-38-40(49-41(43)34-32-9-7-2)39-48-50(44,45)47-37-35-42(3,4)5/h40H,6-39H2,1-5H3. The van der Waals surface area contributed by atoms with Crippen molar-refractivity contribution in [2.24, 2.45) is 0 Å². The Morgan fingerprint density at radius 2 is 0.920 bits per heavy atom. The zero-order valence-electron chi connectivity index (χ0n) is 33.9. The van der Waals surface area contributed by atoms with E-state index in [-0.39, 0.29) is 25.8 Å². The molecule has 0 aromatic rings. The molecule has 0 saturated carbocycles. The highest BCUT2D eigenvalue weighted by Crippen LogP contribution is 2.38.